The fraction of sp³-hybridized carbons (Fsp3) is 0.227. The highest BCUT2D eigenvalue weighted by Crippen LogP contribution is 2.17. The van der Waals surface area contributed by atoms with Gasteiger partial charge in [0.1, 0.15) is 5.75 Å². The van der Waals surface area contributed by atoms with E-state index in [0.29, 0.717) is 23.4 Å². The molecule has 7 nitrogen and oxygen atoms in total. The molecule has 7 heteroatoms. The van der Waals surface area contributed by atoms with E-state index >= 15 is 0 Å². The lowest BCUT2D eigenvalue weighted by atomic mass is 10.2. The Morgan fingerprint density at radius 2 is 1.86 bits per heavy atom. The number of imidazole rings is 1. The molecule has 0 aliphatic heterocycles. The number of ether oxygens (including phenoxy) is 1. The van der Waals surface area contributed by atoms with Crippen molar-refractivity contribution in [3.05, 3.63) is 86.8 Å². The molecule has 2 aromatic carbocycles. The SMILES string of the molecule is CCn1c(=O)c2c(ncn2Cc2cccc(OC)c2)n(-c2cccc(C)c2)c1=O. The summed E-state index contributed by atoms with van der Waals surface area (Å²) in [7, 11) is 1.62. The Kier molecular flexibility index (Phi) is 4.80. The molecule has 0 fully saturated rings. The van der Waals surface area contributed by atoms with Crippen LogP contribution in [-0.4, -0.2) is 25.8 Å². The number of fused-ring (bicyclic) bond motifs is 1. The van der Waals surface area contributed by atoms with Crippen molar-refractivity contribution in [2.45, 2.75) is 26.9 Å². The van der Waals surface area contributed by atoms with E-state index in [4.69, 9.17) is 4.74 Å². The van der Waals surface area contributed by atoms with E-state index in [1.807, 2.05) is 55.5 Å². The molecule has 0 atom stereocenters. The fourth-order valence-corrected chi connectivity index (χ4v) is 3.55. The average molecular weight is 390 g/mol. The van der Waals surface area contributed by atoms with Gasteiger partial charge in [-0.15, -0.1) is 0 Å². The van der Waals surface area contributed by atoms with Crippen LogP contribution in [0.3, 0.4) is 0 Å². The summed E-state index contributed by atoms with van der Waals surface area (Å²) >= 11 is 0. The molecule has 0 radical (unpaired) electrons. The molecule has 148 valence electrons. The highest BCUT2D eigenvalue weighted by Gasteiger charge is 2.18. The van der Waals surface area contributed by atoms with Gasteiger partial charge in [-0.05, 0) is 49.2 Å². The number of aryl methyl sites for hydroxylation is 1. The van der Waals surface area contributed by atoms with E-state index in [1.165, 1.54) is 9.13 Å². The fourth-order valence-electron chi connectivity index (χ4n) is 3.55. The number of hydrogen-bond acceptors (Lipinski definition) is 4. The Labute approximate surface area is 167 Å². The standard InChI is InChI=1S/C22H22N4O3/c1-4-25-21(27)19-20(26(22(25)28)17-9-5-7-15(2)11-17)23-14-24(19)13-16-8-6-10-18(12-16)29-3/h5-12,14H,4,13H2,1-3H3. The van der Waals surface area contributed by atoms with Crippen LogP contribution in [0.15, 0.2) is 64.4 Å². The minimum atomic E-state index is -0.387. The van der Waals surface area contributed by atoms with Gasteiger partial charge in [0.2, 0.25) is 0 Å². The van der Waals surface area contributed by atoms with Crippen LogP contribution in [0.4, 0.5) is 0 Å². The van der Waals surface area contributed by atoms with Gasteiger partial charge in [-0.3, -0.25) is 9.36 Å². The van der Waals surface area contributed by atoms with Gasteiger partial charge in [-0.2, -0.15) is 0 Å². The molecule has 0 saturated heterocycles. The summed E-state index contributed by atoms with van der Waals surface area (Å²) in [6, 6.07) is 15.3. The first-order chi connectivity index (χ1) is 14.0. The third kappa shape index (κ3) is 3.24. The predicted octanol–water partition coefficient (Wildman–Crippen LogP) is 2.73. The van der Waals surface area contributed by atoms with Gasteiger partial charge in [0, 0.05) is 13.1 Å². The highest BCUT2D eigenvalue weighted by atomic mass is 16.5. The smallest absolute Gasteiger partial charge is 0.337 e. The topological polar surface area (TPSA) is 71.0 Å². The first kappa shape index (κ1) is 18.7. The van der Waals surface area contributed by atoms with Gasteiger partial charge in [-0.1, -0.05) is 24.3 Å². The second-order valence-corrected chi connectivity index (χ2v) is 6.90. The quantitative estimate of drug-likeness (QED) is 0.525. The maximum absolute atomic E-state index is 13.1. The summed E-state index contributed by atoms with van der Waals surface area (Å²) in [5, 5.41) is 0. The molecule has 0 N–H and O–H groups in total. The van der Waals surface area contributed by atoms with Gasteiger partial charge in [-0.25, -0.2) is 14.3 Å². The molecule has 0 spiro atoms. The van der Waals surface area contributed by atoms with Crippen molar-refractivity contribution < 1.29 is 4.74 Å². The normalized spacial score (nSPS) is 11.1. The first-order valence-corrected chi connectivity index (χ1v) is 9.44. The van der Waals surface area contributed by atoms with Crippen molar-refractivity contribution in [2.75, 3.05) is 7.11 Å². The Hall–Kier alpha value is -3.61. The van der Waals surface area contributed by atoms with Crippen LogP contribution >= 0.6 is 0 Å². The molecule has 29 heavy (non-hydrogen) atoms. The maximum Gasteiger partial charge on any atom is 0.337 e. The summed E-state index contributed by atoms with van der Waals surface area (Å²) in [5.74, 6) is 0.745. The van der Waals surface area contributed by atoms with E-state index < -0.39 is 0 Å². The van der Waals surface area contributed by atoms with Crippen LogP contribution in [0.5, 0.6) is 5.75 Å². The second kappa shape index (κ2) is 7.43. The lowest BCUT2D eigenvalue weighted by molar-refractivity contribution is 0.414. The molecular weight excluding hydrogens is 368 g/mol. The van der Waals surface area contributed by atoms with Crippen molar-refractivity contribution in [3.63, 3.8) is 0 Å². The molecule has 0 aliphatic carbocycles. The van der Waals surface area contributed by atoms with Crippen LogP contribution in [0.2, 0.25) is 0 Å². The second-order valence-electron chi connectivity index (χ2n) is 6.90. The zero-order valence-electron chi connectivity index (χ0n) is 16.6. The van der Waals surface area contributed by atoms with Gasteiger partial charge >= 0.3 is 5.69 Å². The number of rotatable bonds is 5. The summed E-state index contributed by atoms with van der Waals surface area (Å²) < 4.78 is 9.83. The molecule has 4 rings (SSSR count). The number of aromatic nitrogens is 4. The van der Waals surface area contributed by atoms with E-state index in [-0.39, 0.29) is 17.8 Å². The maximum atomic E-state index is 13.1. The Morgan fingerprint density at radius 3 is 2.59 bits per heavy atom. The van der Waals surface area contributed by atoms with Crippen molar-refractivity contribution in [2.24, 2.45) is 0 Å². The molecular formula is C22H22N4O3. The molecule has 2 heterocycles. The van der Waals surface area contributed by atoms with Gasteiger partial charge in [0.25, 0.3) is 5.56 Å². The first-order valence-electron chi connectivity index (χ1n) is 9.44. The summed E-state index contributed by atoms with van der Waals surface area (Å²) in [5.41, 5.74) is 2.72. The van der Waals surface area contributed by atoms with Gasteiger partial charge in [0.15, 0.2) is 11.2 Å². The van der Waals surface area contributed by atoms with Crippen molar-refractivity contribution >= 4 is 11.2 Å². The molecule has 0 unspecified atom stereocenters. The Morgan fingerprint density at radius 1 is 1.07 bits per heavy atom. The Bertz CT molecular complexity index is 1310. The highest BCUT2D eigenvalue weighted by molar-refractivity contribution is 5.72. The number of nitrogens with zero attached hydrogens (tertiary/aromatic N) is 4. The Balaban J connectivity index is 1.97. The monoisotopic (exact) mass is 390 g/mol. The van der Waals surface area contributed by atoms with Crippen molar-refractivity contribution in [1.82, 2.24) is 18.7 Å². The molecule has 0 saturated carbocycles. The number of benzene rings is 2. The van der Waals surface area contributed by atoms with Gasteiger partial charge < -0.3 is 9.30 Å². The van der Waals surface area contributed by atoms with E-state index in [9.17, 15) is 9.59 Å². The molecule has 2 aromatic heterocycles. The third-order valence-corrected chi connectivity index (χ3v) is 4.96. The molecule has 4 aromatic rings. The van der Waals surface area contributed by atoms with E-state index in [2.05, 4.69) is 4.98 Å². The molecule has 0 amide bonds. The summed E-state index contributed by atoms with van der Waals surface area (Å²) in [4.78, 5) is 30.6. The molecule has 0 aliphatic rings. The van der Waals surface area contributed by atoms with Crippen LogP contribution in [0, 0.1) is 6.92 Å². The lowest BCUT2D eigenvalue weighted by Gasteiger charge is -2.12. The van der Waals surface area contributed by atoms with E-state index in [1.54, 1.807) is 24.9 Å². The van der Waals surface area contributed by atoms with Crippen molar-refractivity contribution in [3.8, 4) is 11.4 Å². The zero-order chi connectivity index (χ0) is 20.5. The number of methoxy groups -OCH3 is 1. The van der Waals surface area contributed by atoms with Crippen LogP contribution < -0.4 is 16.0 Å². The largest absolute Gasteiger partial charge is 0.497 e. The average Bonchev–Trinajstić information content (AvgIpc) is 3.12. The predicted molar refractivity (Wildman–Crippen MR) is 112 cm³/mol. The third-order valence-electron chi connectivity index (χ3n) is 4.96. The van der Waals surface area contributed by atoms with Gasteiger partial charge in [0.05, 0.1) is 19.1 Å². The summed E-state index contributed by atoms with van der Waals surface area (Å²) in [6.45, 7) is 4.48. The van der Waals surface area contributed by atoms with Crippen LogP contribution in [-0.2, 0) is 13.1 Å². The lowest BCUT2D eigenvalue weighted by Crippen LogP contribution is -2.39. The van der Waals surface area contributed by atoms with Crippen molar-refractivity contribution in [1.29, 1.82) is 0 Å². The van der Waals surface area contributed by atoms with E-state index in [0.717, 1.165) is 16.9 Å². The minimum absolute atomic E-state index is 0.282. The minimum Gasteiger partial charge on any atom is -0.497 e. The summed E-state index contributed by atoms with van der Waals surface area (Å²) in [6.07, 6.45) is 1.61. The van der Waals surface area contributed by atoms with Crippen LogP contribution in [0.1, 0.15) is 18.1 Å². The molecule has 0 bridgehead atoms. The zero-order valence-corrected chi connectivity index (χ0v) is 16.6. The van der Waals surface area contributed by atoms with Crippen LogP contribution in [0.25, 0.3) is 16.9 Å². The number of hydrogen-bond donors (Lipinski definition) is 0.